The van der Waals surface area contributed by atoms with E-state index in [0.29, 0.717) is 36.3 Å². The van der Waals surface area contributed by atoms with Crippen LogP contribution in [0.5, 0.6) is 0 Å². The van der Waals surface area contributed by atoms with Gasteiger partial charge in [0, 0.05) is 43.5 Å². The highest BCUT2D eigenvalue weighted by Crippen LogP contribution is 2.23. The quantitative estimate of drug-likeness (QED) is 0.384. The van der Waals surface area contributed by atoms with Gasteiger partial charge in [-0.25, -0.2) is 4.79 Å². The Kier molecular flexibility index (Phi) is 8.64. The molecule has 2 aromatic rings. The van der Waals surface area contributed by atoms with Crippen LogP contribution in [0.3, 0.4) is 0 Å². The Morgan fingerprint density at radius 2 is 1.90 bits per heavy atom. The number of aromatic amines is 1. The smallest absolute Gasteiger partial charge is 0.380 e. The molecule has 222 valence electrons. The zero-order chi connectivity index (χ0) is 29.8. The molecule has 42 heavy (non-hydrogen) atoms. The number of aliphatic hydroxyl groups is 1. The van der Waals surface area contributed by atoms with Crippen LogP contribution in [0.2, 0.25) is 0 Å². The Balaban J connectivity index is 1.20. The van der Waals surface area contributed by atoms with E-state index in [-0.39, 0.29) is 37.3 Å². The normalized spacial score (nSPS) is 21.2. The SMILES string of the molecule is CN(CC(=O)N1CCCC1)C(=O)C1=CC(N2CCO[C@H]([C@@H](O)C(=O)Nc3ccc(-c4noc(=O)[nH]4)cc3)C2=O)CC=C1. The second-order valence-corrected chi connectivity index (χ2v) is 10.4. The summed E-state index contributed by atoms with van der Waals surface area (Å²) in [6.45, 7) is 1.68. The number of likely N-dealkylation sites (tertiary alicyclic amines) is 1. The molecule has 0 bridgehead atoms. The minimum absolute atomic E-state index is 0.0308. The van der Waals surface area contributed by atoms with E-state index in [2.05, 4.69) is 20.0 Å². The van der Waals surface area contributed by atoms with Crippen molar-refractivity contribution in [1.29, 1.82) is 0 Å². The van der Waals surface area contributed by atoms with Crippen molar-refractivity contribution < 1.29 is 33.5 Å². The van der Waals surface area contributed by atoms with Crippen LogP contribution >= 0.6 is 0 Å². The number of nitrogens with one attached hydrogen (secondary N) is 2. The number of carbonyl (C=O) groups excluding carboxylic acids is 4. The fourth-order valence-corrected chi connectivity index (χ4v) is 5.18. The van der Waals surface area contributed by atoms with Crippen LogP contribution in [0, 0.1) is 0 Å². The summed E-state index contributed by atoms with van der Waals surface area (Å²) in [5.74, 6) is -2.32. The van der Waals surface area contributed by atoms with E-state index in [4.69, 9.17) is 4.74 Å². The number of morpholine rings is 1. The minimum Gasteiger partial charge on any atom is -0.380 e. The van der Waals surface area contributed by atoms with E-state index >= 15 is 0 Å². The van der Waals surface area contributed by atoms with Crippen molar-refractivity contribution in [2.45, 2.75) is 37.5 Å². The summed E-state index contributed by atoms with van der Waals surface area (Å²) in [5, 5.41) is 16.9. The molecule has 1 aromatic carbocycles. The topological polar surface area (TPSA) is 178 Å². The highest BCUT2D eigenvalue weighted by molar-refractivity contribution is 6.00. The molecule has 3 heterocycles. The van der Waals surface area contributed by atoms with Gasteiger partial charge in [-0.1, -0.05) is 17.3 Å². The molecule has 1 aromatic heterocycles. The summed E-state index contributed by atoms with van der Waals surface area (Å²) >= 11 is 0. The zero-order valence-corrected chi connectivity index (χ0v) is 23.0. The molecule has 1 unspecified atom stereocenters. The number of aliphatic hydroxyl groups excluding tert-OH is 1. The van der Waals surface area contributed by atoms with Crippen molar-refractivity contribution in [3.05, 3.63) is 58.6 Å². The van der Waals surface area contributed by atoms with E-state index in [1.807, 2.05) is 0 Å². The summed E-state index contributed by atoms with van der Waals surface area (Å²) in [6.07, 6.45) is 4.28. The van der Waals surface area contributed by atoms with E-state index in [9.17, 15) is 29.1 Å². The fraction of sp³-hybridized carbons (Fsp3) is 0.429. The molecule has 4 amide bonds. The van der Waals surface area contributed by atoms with Crippen LogP contribution < -0.4 is 11.1 Å². The molecule has 0 spiro atoms. The maximum atomic E-state index is 13.3. The maximum absolute atomic E-state index is 13.3. The number of amides is 4. The lowest BCUT2D eigenvalue weighted by Gasteiger charge is -2.38. The number of hydrogen-bond acceptors (Lipinski definition) is 9. The van der Waals surface area contributed by atoms with Gasteiger partial charge in [0.1, 0.15) is 0 Å². The summed E-state index contributed by atoms with van der Waals surface area (Å²) in [5.41, 5.74) is 1.23. The molecule has 1 aliphatic carbocycles. The fourth-order valence-electron chi connectivity index (χ4n) is 5.18. The predicted octanol–water partition coefficient (Wildman–Crippen LogP) is -0.108. The van der Waals surface area contributed by atoms with Gasteiger partial charge < -0.3 is 29.9 Å². The Labute approximate surface area is 240 Å². The van der Waals surface area contributed by atoms with Gasteiger partial charge in [0.15, 0.2) is 18.0 Å². The Bertz CT molecular complexity index is 1460. The number of benzene rings is 1. The molecular formula is C28H32N6O8. The van der Waals surface area contributed by atoms with Gasteiger partial charge in [0.2, 0.25) is 5.91 Å². The molecule has 14 nitrogen and oxygen atoms in total. The number of hydrogen-bond donors (Lipinski definition) is 3. The highest BCUT2D eigenvalue weighted by Gasteiger charge is 2.41. The number of rotatable bonds is 8. The largest absolute Gasteiger partial charge is 0.439 e. The third-order valence-corrected chi connectivity index (χ3v) is 7.45. The number of nitrogens with zero attached hydrogens (tertiary/aromatic N) is 4. The minimum atomic E-state index is -1.79. The second kappa shape index (κ2) is 12.5. The van der Waals surface area contributed by atoms with Crippen molar-refractivity contribution >= 4 is 29.3 Å². The van der Waals surface area contributed by atoms with Crippen molar-refractivity contribution in [3.63, 3.8) is 0 Å². The third kappa shape index (κ3) is 6.34. The molecule has 14 heteroatoms. The lowest BCUT2D eigenvalue weighted by molar-refractivity contribution is -0.167. The molecular weight excluding hydrogens is 548 g/mol. The number of ether oxygens (including phenoxy) is 1. The van der Waals surface area contributed by atoms with E-state index < -0.39 is 35.8 Å². The molecule has 3 aliphatic rings. The third-order valence-electron chi connectivity index (χ3n) is 7.45. The summed E-state index contributed by atoms with van der Waals surface area (Å²) in [7, 11) is 1.57. The maximum Gasteiger partial charge on any atom is 0.439 e. The Morgan fingerprint density at radius 3 is 2.60 bits per heavy atom. The number of carbonyl (C=O) groups is 4. The van der Waals surface area contributed by atoms with Crippen LogP contribution in [0.25, 0.3) is 11.4 Å². The molecule has 2 fully saturated rings. The van der Waals surface area contributed by atoms with Crippen LogP contribution in [0.4, 0.5) is 5.69 Å². The predicted molar refractivity (Wildman–Crippen MR) is 148 cm³/mol. The van der Waals surface area contributed by atoms with Crippen LogP contribution in [-0.4, -0.2) is 112 Å². The van der Waals surface area contributed by atoms with Crippen LogP contribution in [0.15, 0.2) is 57.4 Å². The van der Waals surface area contributed by atoms with Crippen molar-refractivity contribution in [3.8, 4) is 11.4 Å². The molecule has 5 rings (SSSR count). The van der Waals surface area contributed by atoms with E-state index in [1.165, 1.54) is 21.9 Å². The first-order chi connectivity index (χ1) is 20.2. The number of H-pyrrole nitrogens is 1. The van der Waals surface area contributed by atoms with Crippen molar-refractivity contribution in [2.24, 2.45) is 0 Å². The number of aromatic nitrogens is 2. The van der Waals surface area contributed by atoms with Gasteiger partial charge in [-0.3, -0.25) is 28.7 Å². The summed E-state index contributed by atoms with van der Waals surface area (Å²) in [4.78, 5) is 69.9. The van der Waals surface area contributed by atoms with Gasteiger partial charge in [-0.2, -0.15) is 0 Å². The van der Waals surface area contributed by atoms with E-state index in [0.717, 1.165) is 12.8 Å². The van der Waals surface area contributed by atoms with Gasteiger partial charge in [0.05, 0.1) is 19.2 Å². The average Bonchev–Trinajstić information content (AvgIpc) is 3.69. The summed E-state index contributed by atoms with van der Waals surface area (Å²) < 4.78 is 9.99. The Hall–Kier alpha value is -4.56. The molecule has 0 radical (unpaired) electrons. The first kappa shape index (κ1) is 29.0. The molecule has 2 saturated heterocycles. The molecule has 3 atom stereocenters. The van der Waals surface area contributed by atoms with Crippen molar-refractivity contribution in [2.75, 3.05) is 45.2 Å². The van der Waals surface area contributed by atoms with Crippen molar-refractivity contribution in [1.82, 2.24) is 24.8 Å². The Morgan fingerprint density at radius 1 is 1.17 bits per heavy atom. The van der Waals surface area contributed by atoms with Gasteiger partial charge >= 0.3 is 5.76 Å². The van der Waals surface area contributed by atoms with E-state index in [1.54, 1.807) is 42.3 Å². The van der Waals surface area contributed by atoms with Gasteiger partial charge in [-0.15, -0.1) is 0 Å². The molecule has 0 saturated carbocycles. The molecule has 3 N–H and O–H groups in total. The van der Waals surface area contributed by atoms with Crippen LogP contribution in [-0.2, 0) is 23.9 Å². The zero-order valence-electron chi connectivity index (χ0n) is 23.0. The average molecular weight is 581 g/mol. The second-order valence-electron chi connectivity index (χ2n) is 10.4. The standard InChI is InChI=1S/C28H32N6O8/c1-32(16-21(35)33-11-2-3-12-33)26(38)18-5-4-6-20(15-18)34-13-14-41-23(27(34)39)22(36)25(37)29-19-9-7-17(8-10-19)24-30-28(40)42-31-24/h4-5,7-10,15,20,22-23,36H,2-3,6,11-14,16H2,1H3,(H,29,37)(H,30,31,40)/t20?,22-,23-/m1/s1. The summed E-state index contributed by atoms with van der Waals surface area (Å²) in [6, 6.07) is 5.76. The highest BCUT2D eigenvalue weighted by atomic mass is 16.5. The lowest BCUT2D eigenvalue weighted by Crippen LogP contribution is -2.57. The lowest BCUT2D eigenvalue weighted by atomic mass is 9.98. The number of likely N-dealkylation sites (N-methyl/N-ethyl adjacent to an activating group) is 1. The monoisotopic (exact) mass is 580 g/mol. The first-order valence-corrected chi connectivity index (χ1v) is 13.7. The van der Waals surface area contributed by atoms with Crippen LogP contribution in [0.1, 0.15) is 19.3 Å². The van der Waals surface area contributed by atoms with Gasteiger partial charge in [-0.05, 0) is 49.6 Å². The van der Waals surface area contributed by atoms with Gasteiger partial charge in [0.25, 0.3) is 17.7 Å². The first-order valence-electron chi connectivity index (χ1n) is 13.7. The molecule has 2 aliphatic heterocycles. The number of anilines is 1.